The Bertz CT molecular complexity index is 1010. The quantitative estimate of drug-likeness (QED) is 0.738. The molecule has 2 N–H and O–H groups in total. The van der Waals surface area contributed by atoms with Crippen molar-refractivity contribution in [3.05, 3.63) is 35.7 Å². The van der Waals surface area contributed by atoms with E-state index in [0.717, 1.165) is 12.8 Å². The van der Waals surface area contributed by atoms with E-state index >= 15 is 0 Å². The second-order valence-electron chi connectivity index (χ2n) is 6.55. The molecule has 6 nitrogen and oxygen atoms in total. The van der Waals surface area contributed by atoms with Crippen LogP contribution in [0.3, 0.4) is 0 Å². The summed E-state index contributed by atoms with van der Waals surface area (Å²) >= 11 is 0. The number of pyridine rings is 1. The molecule has 1 saturated carbocycles. The van der Waals surface area contributed by atoms with Gasteiger partial charge in [0.15, 0.2) is 23.1 Å². The number of rotatable bonds is 5. The predicted octanol–water partition coefficient (Wildman–Crippen LogP) is 3.52. The number of nitrogens with two attached hydrogens (primary N) is 1. The Morgan fingerprint density at radius 3 is 2.33 bits per heavy atom. The molecular formula is C19H18F2N4O2. The fourth-order valence-corrected chi connectivity index (χ4v) is 3.10. The molecule has 0 atom stereocenters. The van der Waals surface area contributed by atoms with Crippen LogP contribution in [0.5, 0.6) is 11.5 Å². The third-order valence-electron chi connectivity index (χ3n) is 4.67. The highest BCUT2D eigenvalue weighted by Crippen LogP contribution is 2.39. The van der Waals surface area contributed by atoms with Gasteiger partial charge in [0.1, 0.15) is 0 Å². The first-order chi connectivity index (χ1) is 13.0. The molecule has 4 rings (SSSR count). The average molecular weight is 372 g/mol. The number of fused-ring (bicyclic) bond motifs is 1. The minimum Gasteiger partial charge on any atom is -0.494 e. The maximum Gasteiger partial charge on any atom is 0.220 e. The lowest BCUT2D eigenvalue weighted by molar-refractivity contribution is 0.359. The predicted molar refractivity (Wildman–Crippen MR) is 96.6 cm³/mol. The van der Waals surface area contributed by atoms with Crippen molar-refractivity contribution in [2.45, 2.75) is 19.3 Å². The van der Waals surface area contributed by atoms with Gasteiger partial charge in [0.05, 0.1) is 36.7 Å². The van der Waals surface area contributed by atoms with Gasteiger partial charge < -0.3 is 15.2 Å². The van der Waals surface area contributed by atoms with Crippen molar-refractivity contribution >= 4 is 16.9 Å². The number of hydrogen-bond acceptors (Lipinski definition) is 6. The third kappa shape index (κ3) is 3.11. The van der Waals surface area contributed by atoms with Gasteiger partial charge in [-0.1, -0.05) is 0 Å². The third-order valence-corrected chi connectivity index (χ3v) is 4.67. The summed E-state index contributed by atoms with van der Waals surface area (Å²) < 4.78 is 39.8. The van der Waals surface area contributed by atoms with Crippen LogP contribution in [0, 0.1) is 17.6 Å². The van der Waals surface area contributed by atoms with E-state index in [1.165, 1.54) is 26.5 Å². The van der Waals surface area contributed by atoms with Gasteiger partial charge in [-0.2, -0.15) is 0 Å². The molecule has 0 radical (unpaired) electrons. The first-order valence-corrected chi connectivity index (χ1v) is 8.54. The molecule has 27 heavy (non-hydrogen) atoms. The standard InChI is InChI=1S/C19H18F2N4O2/c1-26-13-7-14(27-2)17(21)15(16(13)20)11-6-10-8-23-19(22)25-18(10)12(24-11)5-9-3-4-9/h6-9H,3-5H2,1-2H3,(H2,22,23,25). The molecule has 2 heterocycles. The number of anilines is 1. The molecule has 0 spiro atoms. The topological polar surface area (TPSA) is 83.2 Å². The zero-order chi connectivity index (χ0) is 19.1. The SMILES string of the molecule is COc1cc(OC)c(F)c(-c2cc3cnc(N)nc3c(CC3CC3)n2)c1F. The van der Waals surface area contributed by atoms with Crippen molar-refractivity contribution in [2.24, 2.45) is 5.92 Å². The number of nitrogens with zero attached hydrogens (tertiary/aromatic N) is 3. The van der Waals surface area contributed by atoms with E-state index in [1.807, 2.05) is 0 Å². The van der Waals surface area contributed by atoms with E-state index in [9.17, 15) is 8.78 Å². The van der Waals surface area contributed by atoms with Crippen LogP contribution in [0.2, 0.25) is 0 Å². The Hall–Kier alpha value is -3.03. The van der Waals surface area contributed by atoms with Crippen LogP contribution >= 0.6 is 0 Å². The molecule has 3 aromatic rings. The Morgan fingerprint density at radius 2 is 1.74 bits per heavy atom. The minimum absolute atomic E-state index is 0.123. The molecule has 2 aromatic heterocycles. The maximum atomic E-state index is 14.9. The number of hydrogen-bond donors (Lipinski definition) is 1. The van der Waals surface area contributed by atoms with Crippen molar-refractivity contribution in [3.8, 4) is 22.8 Å². The molecule has 1 aliphatic rings. The molecule has 8 heteroatoms. The summed E-state index contributed by atoms with van der Waals surface area (Å²) in [5.41, 5.74) is 6.80. The lowest BCUT2D eigenvalue weighted by Gasteiger charge is -2.14. The average Bonchev–Trinajstić information content (AvgIpc) is 3.47. The molecule has 0 aliphatic heterocycles. The summed E-state index contributed by atoms with van der Waals surface area (Å²) in [6.07, 6.45) is 4.41. The lowest BCUT2D eigenvalue weighted by Crippen LogP contribution is -2.04. The molecule has 0 amide bonds. The maximum absolute atomic E-state index is 14.9. The number of methoxy groups -OCH3 is 2. The molecule has 0 saturated heterocycles. The second-order valence-corrected chi connectivity index (χ2v) is 6.55. The molecule has 0 bridgehead atoms. The summed E-state index contributed by atoms with van der Waals surface area (Å²) in [4.78, 5) is 12.8. The minimum atomic E-state index is -0.837. The van der Waals surface area contributed by atoms with Crippen molar-refractivity contribution in [3.63, 3.8) is 0 Å². The highest BCUT2D eigenvalue weighted by Gasteiger charge is 2.27. The van der Waals surface area contributed by atoms with E-state index in [1.54, 1.807) is 6.07 Å². The van der Waals surface area contributed by atoms with E-state index in [2.05, 4.69) is 15.0 Å². The largest absolute Gasteiger partial charge is 0.494 e. The monoisotopic (exact) mass is 372 g/mol. The number of nitrogen functional groups attached to an aromatic ring is 1. The number of benzene rings is 1. The van der Waals surface area contributed by atoms with Crippen molar-refractivity contribution in [1.29, 1.82) is 0 Å². The molecule has 140 valence electrons. The summed E-state index contributed by atoms with van der Waals surface area (Å²) in [5.74, 6) is -1.28. The van der Waals surface area contributed by atoms with Crippen molar-refractivity contribution in [2.75, 3.05) is 20.0 Å². The van der Waals surface area contributed by atoms with Gasteiger partial charge in [0.25, 0.3) is 0 Å². The van der Waals surface area contributed by atoms with Gasteiger partial charge >= 0.3 is 0 Å². The summed E-state index contributed by atoms with van der Waals surface area (Å²) in [5, 5.41) is 0.616. The van der Waals surface area contributed by atoms with Gasteiger partial charge in [-0.05, 0) is 31.2 Å². The lowest BCUT2D eigenvalue weighted by atomic mass is 10.0. The first-order valence-electron chi connectivity index (χ1n) is 8.54. The van der Waals surface area contributed by atoms with Crippen LogP contribution in [-0.2, 0) is 6.42 Å². The van der Waals surface area contributed by atoms with Crippen LogP contribution in [0.25, 0.3) is 22.2 Å². The van der Waals surface area contributed by atoms with Crippen LogP contribution in [0.4, 0.5) is 14.7 Å². The van der Waals surface area contributed by atoms with E-state index in [4.69, 9.17) is 15.2 Å². The van der Waals surface area contributed by atoms with E-state index in [-0.39, 0.29) is 28.7 Å². The van der Waals surface area contributed by atoms with Gasteiger partial charge in [0, 0.05) is 17.6 Å². The second kappa shape index (κ2) is 6.61. The molecule has 0 unspecified atom stereocenters. The van der Waals surface area contributed by atoms with Crippen LogP contribution in [-0.4, -0.2) is 29.2 Å². The highest BCUT2D eigenvalue weighted by molar-refractivity contribution is 5.85. The summed E-state index contributed by atoms with van der Waals surface area (Å²) in [6, 6.07) is 2.72. The number of ether oxygens (including phenoxy) is 2. The number of halogens is 2. The summed E-state index contributed by atoms with van der Waals surface area (Å²) in [7, 11) is 2.62. The van der Waals surface area contributed by atoms with Crippen LogP contribution < -0.4 is 15.2 Å². The Balaban J connectivity index is 1.98. The Kier molecular flexibility index (Phi) is 4.25. The van der Waals surface area contributed by atoms with Crippen molar-refractivity contribution < 1.29 is 18.3 Å². The Morgan fingerprint density at radius 1 is 1.07 bits per heavy atom. The van der Waals surface area contributed by atoms with E-state index < -0.39 is 11.6 Å². The van der Waals surface area contributed by atoms with Gasteiger partial charge in [-0.15, -0.1) is 0 Å². The van der Waals surface area contributed by atoms with Crippen LogP contribution in [0.1, 0.15) is 18.5 Å². The fraction of sp³-hybridized carbons (Fsp3) is 0.316. The van der Waals surface area contributed by atoms with Crippen molar-refractivity contribution in [1.82, 2.24) is 15.0 Å². The highest BCUT2D eigenvalue weighted by atomic mass is 19.1. The van der Waals surface area contributed by atoms with E-state index in [0.29, 0.717) is 28.9 Å². The first kappa shape index (κ1) is 17.4. The van der Waals surface area contributed by atoms with Gasteiger partial charge in [-0.25, -0.2) is 18.7 Å². The van der Waals surface area contributed by atoms with Crippen LogP contribution in [0.15, 0.2) is 18.3 Å². The van der Waals surface area contributed by atoms with Gasteiger partial charge in [0.2, 0.25) is 5.95 Å². The number of aromatic nitrogens is 3. The smallest absolute Gasteiger partial charge is 0.220 e. The molecule has 1 fully saturated rings. The Labute approximate surface area is 154 Å². The fourth-order valence-electron chi connectivity index (χ4n) is 3.10. The van der Waals surface area contributed by atoms with Gasteiger partial charge in [-0.3, -0.25) is 4.98 Å². The molecule has 1 aliphatic carbocycles. The molecular weight excluding hydrogens is 354 g/mol. The summed E-state index contributed by atoms with van der Waals surface area (Å²) in [6.45, 7) is 0. The zero-order valence-electron chi connectivity index (χ0n) is 14.9. The normalized spacial score (nSPS) is 13.8. The zero-order valence-corrected chi connectivity index (χ0v) is 14.9. The molecule has 1 aromatic carbocycles.